The van der Waals surface area contributed by atoms with Crippen molar-refractivity contribution in [2.24, 2.45) is 5.92 Å². The van der Waals surface area contributed by atoms with E-state index in [2.05, 4.69) is 0 Å². The fraction of sp³-hybridized carbons (Fsp3) is 0.636. The van der Waals surface area contributed by atoms with Crippen molar-refractivity contribution in [1.29, 1.82) is 0 Å². The quantitative estimate of drug-likeness (QED) is 0.429. The number of amides is 1. The fourth-order valence-electron chi connectivity index (χ4n) is 3.69. The predicted octanol–water partition coefficient (Wildman–Crippen LogP) is 1.06. The zero-order valence-corrected chi connectivity index (χ0v) is 20.9. The molecule has 0 atom stereocenters. The molecule has 33 heavy (non-hydrogen) atoms. The summed E-state index contributed by atoms with van der Waals surface area (Å²) in [6, 6.07) is 4.47. The van der Waals surface area contributed by atoms with Crippen molar-refractivity contribution in [3.8, 4) is 11.5 Å². The summed E-state index contributed by atoms with van der Waals surface area (Å²) in [5.41, 5.74) is 0. The number of benzene rings is 1. The van der Waals surface area contributed by atoms with Crippen LogP contribution in [0.25, 0.3) is 0 Å². The molecule has 0 aliphatic carbocycles. The first kappa shape index (κ1) is 26.9. The van der Waals surface area contributed by atoms with E-state index in [0.29, 0.717) is 24.7 Å². The number of nitrogens with zero attached hydrogens (tertiary/aromatic N) is 3. The summed E-state index contributed by atoms with van der Waals surface area (Å²) >= 11 is 0. The Hall–Kier alpha value is -2.37. The summed E-state index contributed by atoms with van der Waals surface area (Å²) in [5.74, 6) is 0.551. The van der Waals surface area contributed by atoms with E-state index in [1.54, 1.807) is 22.8 Å². The SMILES string of the molecule is CCOC(=O)CN(CC(=O)N1CCN(S(=O)(=O)c2ccc(OC)c(OC)c2)CC1)CC(C)C. The highest BCUT2D eigenvalue weighted by atomic mass is 32.2. The van der Waals surface area contributed by atoms with Crippen LogP contribution >= 0.6 is 0 Å². The minimum atomic E-state index is -3.74. The van der Waals surface area contributed by atoms with Gasteiger partial charge < -0.3 is 19.1 Å². The first-order chi connectivity index (χ1) is 15.6. The summed E-state index contributed by atoms with van der Waals surface area (Å²) < 4.78 is 42.9. The number of hydrogen-bond donors (Lipinski definition) is 0. The lowest BCUT2D eigenvalue weighted by molar-refractivity contribution is -0.145. The van der Waals surface area contributed by atoms with Crippen LogP contribution in [0, 0.1) is 5.92 Å². The van der Waals surface area contributed by atoms with Gasteiger partial charge in [-0.05, 0) is 25.0 Å². The molecule has 0 spiro atoms. The molecule has 1 saturated heterocycles. The van der Waals surface area contributed by atoms with Crippen molar-refractivity contribution < 1.29 is 32.2 Å². The average molecular weight is 486 g/mol. The Kier molecular flexibility index (Phi) is 9.93. The van der Waals surface area contributed by atoms with Gasteiger partial charge in [0.05, 0.1) is 38.8 Å². The predicted molar refractivity (Wildman–Crippen MR) is 123 cm³/mol. The molecule has 186 valence electrons. The highest BCUT2D eigenvalue weighted by Gasteiger charge is 2.31. The van der Waals surface area contributed by atoms with E-state index in [-0.39, 0.29) is 62.0 Å². The maximum atomic E-state index is 13.1. The number of sulfonamides is 1. The van der Waals surface area contributed by atoms with Gasteiger partial charge in [0.15, 0.2) is 11.5 Å². The largest absolute Gasteiger partial charge is 0.493 e. The van der Waals surface area contributed by atoms with E-state index < -0.39 is 10.0 Å². The second-order valence-electron chi connectivity index (χ2n) is 8.17. The van der Waals surface area contributed by atoms with E-state index in [0.717, 1.165) is 0 Å². The van der Waals surface area contributed by atoms with Crippen LogP contribution in [0.2, 0.25) is 0 Å². The van der Waals surface area contributed by atoms with Crippen LogP contribution in [-0.4, -0.2) is 101 Å². The Morgan fingerprint density at radius 2 is 1.67 bits per heavy atom. The maximum absolute atomic E-state index is 13.1. The second kappa shape index (κ2) is 12.2. The highest BCUT2D eigenvalue weighted by Crippen LogP contribution is 2.30. The van der Waals surface area contributed by atoms with Gasteiger partial charge in [-0.25, -0.2) is 8.42 Å². The molecule has 1 fully saturated rings. The molecule has 2 rings (SSSR count). The summed E-state index contributed by atoms with van der Waals surface area (Å²) in [6.07, 6.45) is 0. The van der Waals surface area contributed by atoms with Crippen LogP contribution in [0.5, 0.6) is 11.5 Å². The molecule has 11 heteroatoms. The highest BCUT2D eigenvalue weighted by molar-refractivity contribution is 7.89. The van der Waals surface area contributed by atoms with Crippen molar-refractivity contribution in [3.05, 3.63) is 18.2 Å². The average Bonchev–Trinajstić information content (AvgIpc) is 2.78. The second-order valence-corrected chi connectivity index (χ2v) is 10.1. The smallest absolute Gasteiger partial charge is 0.320 e. The summed E-state index contributed by atoms with van der Waals surface area (Å²) in [4.78, 5) is 28.3. The van der Waals surface area contributed by atoms with Crippen molar-refractivity contribution in [2.45, 2.75) is 25.7 Å². The van der Waals surface area contributed by atoms with Gasteiger partial charge in [-0.2, -0.15) is 4.31 Å². The Morgan fingerprint density at radius 3 is 2.21 bits per heavy atom. The number of methoxy groups -OCH3 is 2. The number of carbonyl (C=O) groups is 2. The van der Waals surface area contributed by atoms with Gasteiger partial charge in [0.25, 0.3) is 0 Å². The number of esters is 1. The first-order valence-electron chi connectivity index (χ1n) is 11.0. The molecule has 0 bridgehead atoms. The van der Waals surface area contributed by atoms with E-state index in [4.69, 9.17) is 14.2 Å². The van der Waals surface area contributed by atoms with Gasteiger partial charge >= 0.3 is 5.97 Å². The van der Waals surface area contributed by atoms with Gasteiger partial charge in [0, 0.05) is 38.8 Å². The summed E-state index contributed by atoms with van der Waals surface area (Å²) in [5, 5.41) is 0. The van der Waals surface area contributed by atoms with Crippen molar-refractivity contribution >= 4 is 21.9 Å². The molecule has 0 aromatic heterocycles. The Bertz CT molecular complexity index is 913. The molecular weight excluding hydrogens is 450 g/mol. The minimum absolute atomic E-state index is 0.0470. The van der Waals surface area contributed by atoms with Crippen molar-refractivity contribution in [3.63, 3.8) is 0 Å². The third-order valence-corrected chi connectivity index (χ3v) is 7.12. The van der Waals surface area contributed by atoms with Gasteiger partial charge in [-0.1, -0.05) is 13.8 Å². The van der Waals surface area contributed by atoms with E-state index in [1.807, 2.05) is 13.8 Å². The van der Waals surface area contributed by atoms with Crippen LogP contribution < -0.4 is 9.47 Å². The van der Waals surface area contributed by atoms with Crippen LogP contribution in [-0.2, 0) is 24.3 Å². The third-order valence-electron chi connectivity index (χ3n) is 5.22. The summed E-state index contributed by atoms with van der Waals surface area (Å²) in [6.45, 7) is 7.70. The monoisotopic (exact) mass is 485 g/mol. The molecule has 10 nitrogen and oxygen atoms in total. The number of ether oxygens (including phenoxy) is 3. The van der Waals surface area contributed by atoms with Crippen molar-refractivity contribution in [1.82, 2.24) is 14.1 Å². The number of hydrogen-bond acceptors (Lipinski definition) is 8. The summed E-state index contributed by atoms with van der Waals surface area (Å²) in [7, 11) is -0.811. The minimum Gasteiger partial charge on any atom is -0.493 e. The fourth-order valence-corrected chi connectivity index (χ4v) is 5.12. The van der Waals surface area contributed by atoms with Gasteiger partial charge in [-0.3, -0.25) is 14.5 Å². The van der Waals surface area contributed by atoms with Gasteiger partial charge in [0.1, 0.15) is 0 Å². The van der Waals surface area contributed by atoms with Crippen LogP contribution in [0.4, 0.5) is 0 Å². The molecule has 1 aliphatic rings. The number of rotatable bonds is 11. The maximum Gasteiger partial charge on any atom is 0.320 e. The van der Waals surface area contributed by atoms with Crippen LogP contribution in [0.3, 0.4) is 0 Å². The van der Waals surface area contributed by atoms with Gasteiger partial charge in [0.2, 0.25) is 15.9 Å². The molecular formula is C22H35N3O7S. The lowest BCUT2D eigenvalue weighted by atomic mass is 10.2. The van der Waals surface area contributed by atoms with Crippen LogP contribution in [0.15, 0.2) is 23.1 Å². The molecule has 1 heterocycles. The van der Waals surface area contributed by atoms with Crippen molar-refractivity contribution in [2.75, 3.05) is 66.6 Å². The van der Waals surface area contributed by atoms with E-state index >= 15 is 0 Å². The van der Waals surface area contributed by atoms with Crippen LogP contribution in [0.1, 0.15) is 20.8 Å². The first-order valence-corrected chi connectivity index (χ1v) is 12.4. The molecule has 1 amide bonds. The third kappa shape index (κ3) is 7.31. The lowest BCUT2D eigenvalue weighted by Crippen LogP contribution is -2.53. The molecule has 1 aliphatic heterocycles. The van der Waals surface area contributed by atoms with E-state index in [1.165, 1.54) is 30.7 Å². The Labute approximate surface area is 196 Å². The topological polar surface area (TPSA) is 106 Å². The standard InChI is InChI=1S/C22H35N3O7S/c1-6-32-22(27)16-23(14-17(2)3)15-21(26)24-9-11-25(12-10-24)33(28,29)18-7-8-19(30-4)20(13-18)31-5/h7-8,13,17H,6,9-12,14-16H2,1-5H3. The van der Waals surface area contributed by atoms with Gasteiger partial charge in [-0.15, -0.1) is 0 Å². The zero-order chi connectivity index (χ0) is 24.6. The molecule has 0 radical (unpaired) electrons. The number of piperazine rings is 1. The molecule has 0 N–H and O–H groups in total. The Morgan fingerprint density at radius 1 is 1.03 bits per heavy atom. The normalized spacial score (nSPS) is 15.1. The molecule has 1 aromatic carbocycles. The Balaban J connectivity index is 2.01. The molecule has 1 aromatic rings. The zero-order valence-electron chi connectivity index (χ0n) is 20.1. The number of carbonyl (C=O) groups excluding carboxylic acids is 2. The molecule has 0 unspecified atom stereocenters. The lowest BCUT2D eigenvalue weighted by Gasteiger charge is -2.35. The van der Waals surface area contributed by atoms with E-state index in [9.17, 15) is 18.0 Å². The molecule has 0 saturated carbocycles.